The minimum atomic E-state index is -0.223. The first-order chi connectivity index (χ1) is 9.55. The minimum absolute atomic E-state index is 0.115. The quantitative estimate of drug-likeness (QED) is 0.786. The van der Waals surface area contributed by atoms with E-state index in [1.165, 1.54) is 29.6 Å². The zero-order chi connectivity index (χ0) is 14.7. The van der Waals surface area contributed by atoms with Gasteiger partial charge in [0, 0.05) is 19.4 Å². The number of aliphatic hydroxyl groups excluding tert-OH is 1. The molecule has 0 aliphatic heterocycles. The Balaban J connectivity index is 2.40. The van der Waals surface area contributed by atoms with Crippen molar-refractivity contribution in [3.63, 3.8) is 0 Å². The second-order valence-electron chi connectivity index (χ2n) is 4.19. The zero-order valence-corrected chi connectivity index (χ0v) is 13.1. The molecule has 1 atom stereocenters. The van der Waals surface area contributed by atoms with Crippen LogP contribution in [0.3, 0.4) is 0 Å². The van der Waals surface area contributed by atoms with Crippen LogP contribution in [0, 0.1) is 0 Å². The van der Waals surface area contributed by atoms with Gasteiger partial charge < -0.3 is 15.7 Å². The average molecular weight is 312 g/mol. The van der Waals surface area contributed by atoms with Crippen molar-refractivity contribution in [2.24, 2.45) is 0 Å². The number of nitrogens with one attached hydrogen (secondary N) is 2. The van der Waals surface area contributed by atoms with E-state index in [1.54, 1.807) is 0 Å². The summed E-state index contributed by atoms with van der Waals surface area (Å²) in [6.45, 7) is 3.22. The first kappa shape index (κ1) is 14.9. The maximum atomic E-state index is 11.2. The van der Waals surface area contributed by atoms with Gasteiger partial charge in [-0.3, -0.25) is 4.79 Å². The predicted molar refractivity (Wildman–Crippen MR) is 80.9 cm³/mol. The van der Waals surface area contributed by atoms with E-state index in [1.807, 2.05) is 19.4 Å². The number of carbonyl (C=O) groups is 1. The van der Waals surface area contributed by atoms with Gasteiger partial charge >= 0.3 is 0 Å². The Bertz CT molecular complexity index is 608. The molecule has 0 spiro atoms. The Kier molecular flexibility index (Phi) is 4.69. The van der Waals surface area contributed by atoms with Gasteiger partial charge in [0.1, 0.15) is 5.01 Å². The molecule has 0 bridgehead atoms. The molecule has 108 valence electrons. The number of amides is 1. The minimum Gasteiger partial charge on any atom is -0.389 e. The van der Waals surface area contributed by atoms with Crippen LogP contribution in [0.2, 0.25) is 0 Å². The fraction of sp³-hybridized carbons (Fsp3) is 0.417. The number of carbonyl (C=O) groups excluding carboxylic acids is 1. The van der Waals surface area contributed by atoms with Crippen LogP contribution in [-0.4, -0.2) is 28.0 Å². The summed E-state index contributed by atoms with van der Waals surface area (Å²) in [5.74, 6) is -0.115. The number of anilines is 1. The number of thiazole rings is 2. The van der Waals surface area contributed by atoms with Crippen molar-refractivity contribution in [1.82, 2.24) is 15.3 Å². The van der Waals surface area contributed by atoms with Crippen molar-refractivity contribution in [2.75, 3.05) is 12.4 Å². The Hall–Kier alpha value is -1.51. The van der Waals surface area contributed by atoms with E-state index < -0.39 is 0 Å². The molecule has 0 radical (unpaired) electrons. The van der Waals surface area contributed by atoms with Crippen LogP contribution in [0.1, 0.15) is 30.6 Å². The van der Waals surface area contributed by atoms with Crippen LogP contribution < -0.4 is 10.6 Å². The smallest absolute Gasteiger partial charge is 0.217 e. The van der Waals surface area contributed by atoms with Crippen LogP contribution >= 0.6 is 22.7 Å². The van der Waals surface area contributed by atoms with Crippen molar-refractivity contribution < 1.29 is 9.90 Å². The Labute approximate surface area is 124 Å². The van der Waals surface area contributed by atoms with Gasteiger partial charge in [-0.1, -0.05) is 0 Å². The number of aliphatic hydroxyl groups is 1. The Morgan fingerprint density at radius 2 is 2.25 bits per heavy atom. The summed E-state index contributed by atoms with van der Waals surface area (Å²) in [5.41, 5.74) is 1.55. The van der Waals surface area contributed by atoms with Crippen LogP contribution in [-0.2, 0) is 11.4 Å². The van der Waals surface area contributed by atoms with Crippen LogP contribution in [0.4, 0.5) is 5.13 Å². The summed E-state index contributed by atoms with van der Waals surface area (Å²) in [5, 5.41) is 18.4. The van der Waals surface area contributed by atoms with Gasteiger partial charge in [0.05, 0.1) is 28.9 Å². The highest BCUT2D eigenvalue weighted by molar-refractivity contribution is 7.16. The van der Waals surface area contributed by atoms with Gasteiger partial charge in [-0.2, -0.15) is 0 Å². The van der Waals surface area contributed by atoms with Crippen molar-refractivity contribution in [3.8, 4) is 10.6 Å². The molecule has 20 heavy (non-hydrogen) atoms. The van der Waals surface area contributed by atoms with E-state index in [-0.39, 0.29) is 18.6 Å². The molecule has 0 saturated heterocycles. The van der Waals surface area contributed by atoms with Gasteiger partial charge in [-0.05, 0) is 6.92 Å². The number of rotatable bonds is 5. The second-order valence-corrected chi connectivity index (χ2v) is 6.13. The van der Waals surface area contributed by atoms with Crippen molar-refractivity contribution >= 4 is 33.7 Å². The molecule has 3 N–H and O–H groups in total. The van der Waals surface area contributed by atoms with E-state index >= 15 is 0 Å². The van der Waals surface area contributed by atoms with Crippen molar-refractivity contribution in [1.29, 1.82) is 0 Å². The molecule has 8 heteroatoms. The molecule has 0 aliphatic carbocycles. The maximum Gasteiger partial charge on any atom is 0.217 e. The highest BCUT2D eigenvalue weighted by Gasteiger charge is 2.20. The normalized spacial score (nSPS) is 12.2. The summed E-state index contributed by atoms with van der Waals surface area (Å²) in [7, 11) is 1.81. The third-order valence-corrected chi connectivity index (χ3v) is 4.55. The first-order valence-electron chi connectivity index (χ1n) is 6.06. The van der Waals surface area contributed by atoms with E-state index in [4.69, 9.17) is 0 Å². The van der Waals surface area contributed by atoms with E-state index in [9.17, 15) is 9.90 Å². The lowest BCUT2D eigenvalue weighted by Crippen LogP contribution is -2.24. The Morgan fingerprint density at radius 3 is 2.80 bits per heavy atom. The van der Waals surface area contributed by atoms with Gasteiger partial charge in [-0.15, -0.1) is 22.7 Å². The lowest BCUT2D eigenvalue weighted by molar-refractivity contribution is -0.119. The number of hydrogen-bond donors (Lipinski definition) is 3. The molecule has 2 heterocycles. The summed E-state index contributed by atoms with van der Waals surface area (Å²) in [6, 6.07) is -0.223. The standard InChI is InChI=1S/C12H16N4O2S2/c1-6(14-7(2)18)10-11(20-9(4-17)16-10)8-5-19-12(13-3)15-8/h5-6,17H,4H2,1-3H3,(H,13,15)(H,14,18). The molecule has 1 unspecified atom stereocenters. The SMILES string of the molecule is CNc1nc(-c2sc(CO)nc2C(C)NC(C)=O)cs1. The molecule has 0 saturated carbocycles. The molecule has 6 nitrogen and oxygen atoms in total. The molecule has 2 aromatic rings. The maximum absolute atomic E-state index is 11.2. The third-order valence-electron chi connectivity index (χ3n) is 2.61. The monoisotopic (exact) mass is 312 g/mol. The second kappa shape index (κ2) is 6.29. The molecule has 2 aromatic heterocycles. The number of nitrogens with zero attached hydrogens (tertiary/aromatic N) is 2. The van der Waals surface area contributed by atoms with Crippen molar-refractivity contribution in [2.45, 2.75) is 26.5 Å². The Morgan fingerprint density at radius 1 is 1.50 bits per heavy atom. The van der Waals surface area contributed by atoms with Gasteiger partial charge in [0.25, 0.3) is 0 Å². The lowest BCUT2D eigenvalue weighted by Gasteiger charge is -2.11. The zero-order valence-electron chi connectivity index (χ0n) is 11.4. The highest BCUT2D eigenvalue weighted by Crippen LogP contribution is 2.35. The van der Waals surface area contributed by atoms with Crippen LogP contribution in [0.15, 0.2) is 5.38 Å². The van der Waals surface area contributed by atoms with Crippen molar-refractivity contribution in [3.05, 3.63) is 16.1 Å². The molecule has 2 rings (SSSR count). The van der Waals surface area contributed by atoms with Crippen LogP contribution in [0.5, 0.6) is 0 Å². The number of aromatic nitrogens is 2. The molecule has 1 amide bonds. The van der Waals surface area contributed by atoms with E-state index in [2.05, 4.69) is 20.6 Å². The van der Waals surface area contributed by atoms with Gasteiger partial charge in [0.15, 0.2) is 5.13 Å². The average Bonchev–Trinajstić information content (AvgIpc) is 3.03. The summed E-state index contributed by atoms with van der Waals surface area (Å²) in [4.78, 5) is 20.9. The first-order valence-corrected chi connectivity index (χ1v) is 7.76. The number of hydrogen-bond acceptors (Lipinski definition) is 7. The third kappa shape index (κ3) is 3.14. The fourth-order valence-corrected chi connectivity index (χ4v) is 3.51. The highest BCUT2D eigenvalue weighted by atomic mass is 32.1. The van der Waals surface area contributed by atoms with Gasteiger partial charge in [-0.25, -0.2) is 9.97 Å². The fourth-order valence-electron chi connectivity index (χ4n) is 1.79. The summed E-state index contributed by atoms with van der Waals surface area (Å²) < 4.78 is 0. The molecule has 0 fully saturated rings. The van der Waals surface area contributed by atoms with E-state index in [0.29, 0.717) is 5.01 Å². The topological polar surface area (TPSA) is 87.1 Å². The van der Waals surface area contributed by atoms with Gasteiger partial charge in [0.2, 0.25) is 5.91 Å². The summed E-state index contributed by atoms with van der Waals surface area (Å²) >= 11 is 2.90. The van der Waals surface area contributed by atoms with E-state index in [0.717, 1.165) is 21.4 Å². The molecular formula is C12H16N4O2S2. The molecule has 0 aliphatic rings. The lowest BCUT2D eigenvalue weighted by atomic mass is 10.2. The predicted octanol–water partition coefficient (Wildman–Crippen LogP) is 2.00. The van der Waals surface area contributed by atoms with Crippen LogP contribution in [0.25, 0.3) is 10.6 Å². The molecule has 0 aromatic carbocycles. The summed E-state index contributed by atoms with van der Waals surface area (Å²) in [6.07, 6.45) is 0. The largest absolute Gasteiger partial charge is 0.389 e. The molecular weight excluding hydrogens is 296 g/mol.